The molecule has 1 N–H and O–H groups in total. The van der Waals surface area contributed by atoms with E-state index in [9.17, 15) is 0 Å². The quantitative estimate of drug-likeness (QED) is 0.816. The van der Waals surface area contributed by atoms with Gasteiger partial charge in [0.2, 0.25) is 0 Å². The van der Waals surface area contributed by atoms with Gasteiger partial charge in [0.05, 0.1) is 11.7 Å². The summed E-state index contributed by atoms with van der Waals surface area (Å²) in [5.41, 5.74) is 0.337. The van der Waals surface area contributed by atoms with Gasteiger partial charge in [-0.3, -0.25) is 0 Å². The van der Waals surface area contributed by atoms with Crippen LogP contribution in [0.15, 0.2) is 0 Å². The number of ether oxygens (including phenoxy) is 1. The average Bonchev–Trinajstić information content (AvgIpc) is 2.80. The molecular formula is C16H31NO. The predicted molar refractivity (Wildman–Crippen MR) is 76.9 cm³/mol. The Morgan fingerprint density at radius 3 is 2.17 bits per heavy atom. The van der Waals surface area contributed by atoms with Gasteiger partial charge in [0.25, 0.3) is 0 Å². The molecule has 2 aliphatic carbocycles. The third-order valence-corrected chi connectivity index (χ3v) is 4.42. The van der Waals surface area contributed by atoms with Crippen LogP contribution in [0.3, 0.4) is 0 Å². The van der Waals surface area contributed by atoms with Crippen molar-refractivity contribution in [1.29, 1.82) is 0 Å². The van der Waals surface area contributed by atoms with Gasteiger partial charge < -0.3 is 10.1 Å². The van der Waals surface area contributed by atoms with Gasteiger partial charge in [0.15, 0.2) is 0 Å². The zero-order chi connectivity index (χ0) is 13.1. The summed E-state index contributed by atoms with van der Waals surface area (Å²) in [6.07, 6.45) is 12.5. The van der Waals surface area contributed by atoms with Crippen LogP contribution in [0.25, 0.3) is 0 Å². The van der Waals surface area contributed by atoms with Crippen LogP contribution in [-0.4, -0.2) is 23.8 Å². The molecule has 2 rings (SSSR count). The molecule has 0 bridgehead atoms. The fraction of sp³-hybridized carbons (Fsp3) is 1.00. The van der Waals surface area contributed by atoms with Gasteiger partial charge in [-0.1, -0.05) is 32.1 Å². The molecule has 0 saturated heterocycles. The highest BCUT2D eigenvalue weighted by molar-refractivity contribution is 4.90. The van der Waals surface area contributed by atoms with Crippen molar-refractivity contribution < 1.29 is 4.74 Å². The predicted octanol–water partition coefficient (Wildman–Crippen LogP) is 4.04. The van der Waals surface area contributed by atoms with E-state index >= 15 is 0 Å². The van der Waals surface area contributed by atoms with E-state index in [4.69, 9.17) is 4.74 Å². The van der Waals surface area contributed by atoms with Gasteiger partial charge in [0, 0.05) is 12.1 Å². The van der Waals surface area contributed by atoms with E-state index < -0.39 is 0 Å². The van der Waals surface area contributed by atoms with Crippen molar-refractivity contribution in [3.8, 4) is 0 Å². The van der Waals surface area contributed by atoms with Crippen molar-refractivity contribution in [2.24, 2.45) is 0 Å². The zero-order valence-corrected chi connectivity index (χ0v) is 12.6. The molecule has 2 heteroatoms. The monoisotopic (exact) mass is 253 g/mol. The minimum Gasteiger partial charge on any atom is -0.370 e. The van der Waals surface area contributed by atoms with Crippen LogP contribution in [0, 0.1) is 0 Å². The number of hydrogen-bond acceptors (Lipinski definition) is 2. The third kappa shape index (κ3) is 4.24. The Bertz CT molecular complexity index is 244. The molecule has 0 amide bonds. The Morgan fingerprint density at radius 2 is 1.61 bits per heavy atom. The first-order chi connectivity index (χ1) is 8.49. The van der Waals surface area contributed by atoms with E-state index in [0.29, 0.717) is 6.10 Å². The Balaban J connectivity index is 1.93. The van der Waals surface area contributed by atoms with Crippen molar-refractivity contribution in [3.63, 3.8) is 0 Å². The smallest absolute Gasteiger partial charge is 0.0810 e. The third-order valence-electron chi connectivity index (χ3n) is 4.42. The normalized spacial score (nSPS) is 25.5. The van der Waals surface area contributed by atoms with E-state index in [2.05, 4.69) is 26.1 Å². The molecule has 0 aliphatic heterocycles. The lowest BCUT2D eigenvalue weighted by atomic mass is 9.83. The molecule has 0 atom stereocenters. The van der Waals surface area contributed by atoms with Crippen molar-refractivity contribution in [3.05, 3.63) is 0 Å². The number of nitrogens with one attached hydrogen (secondary N) is 1. The lowest BCUT2D eigenvalue weighted by molar-refractivity contribution is -0.111. The summed E-state index contributed by atoms with van der Waals surface area (Å²) >= 11 is 0. The van der Waals surface area contributed by atoms with Crippen LogP contribution in [0.5, 0.6) is 0 Å². The summed E-state index contributed by atoms with van der Waals surface area (Å²) < 4.78 is 6.57. The Morgan fingerprint density at radius 1 is 1.00 bits per heavy atom. The van der Waals surface area contributed by atoms with Crippen LogP contribution < -0.4 is 5.32 Å². The Hall–Kier alpha value is -0.0800. The standard InChI is InChI=1S/C16H31NO/c1-15(2,3)17-13-16(11-7-4-8-12-16)18-14-9-5-6-10-14/h14,17H,4-13H2,1-3H3. The van der Waals surface area contributed by atoms with Crippen LogP contribution in [0.2, 0.25) is 0 Å². The summed E-state index contributed by atoms with van der Waals surface area (Å²) in [5, 5.41) is 3.68. The molecular weight excluding hydrogens is 222 g/mol. The van der Waals surface area contributed by atoms with E-state index in [-0.39, 0.29) is 11.1 Å². The number of rotatable bonds is 4. The van der Waals surface area contributed by atoms with E-state index in [1.807, 2.05) is 0 Å². The molecule has 2 aliphatic rings. The van der Waals surface area contributed by atoms with E-state index in [1.165, 1.54) is 57.8 Å². The minimum atomic E-state index is 0.139. The van der Waals surface area contributed by atoms with Crippen LogP contribution in [0.4, 0.5) is 0 Å². The lowest BCUT2D eigenvalue weighted by Crippen LogP contribution is -2.51. The molecule has 0 heterocycles. The summed E-state index contributed by atoms with van der Waals surface area (Å²) in [5.74, 6) is 0. The Labute approximate surface area is 113 Å². The molecule has 2 fully saturated rings. The fourth-order valence-electron chi connectivity index (χ4n) is 3.32. The van der Waals surface area contributed by atoms with Crippen LogP contribution in [-0.2, 0) is 4.74 Å². The first-order valence-corrected chi connectivity index (χ1v) is 7.92. The Kier molecular flexibility index (Phi) is 4.71. The SMILES string of the molecule is CC(C)(C)NCC1(OC2CCCC2)CCCCC1. The van der Waals surface area contributed by atoms with Crippen molar-refractivity contribution in [2.75, 3.05) is 6.54 Å². The summed E-state index contributed by atoms with van der Waals surface area (Å²) in [4.78, 5) is 0. The summed E-state index contributed by atoms with van der Waals surface area (Å²) in [6, 6.07) is 0. The highest BCUT2D eigenvalue weighted by Crippen LogP contribution is 2.36. The van der Waals surface area contributed by atoms with Gasteiger partial charge in [-0.05, 0) is 46.5 Å². The van der Waals surface area contributed by atoms with Gasteiger partial charge in [-0.25, -0.2) is 0 Å². The fourth-order valence-corrected chi connectivity index (χ4v) is 3.32. The largest absolute Gasteiger partial charge is 0.370 e. The maximum absolute atomic E-state index is 6.57. The zero-order valence-electron chi connectivity index (χ0n) is 12.6. The maximum atomic E-state index is 6.57. The second-order valence-electron chi connectivity index (χ2n) is 7.37. The molecule has 0 aromatic rings. The molecule has 0 aromatic heterocycles. The second-order valence-corrected chi connectivity index (χ2v) is 7.37. The molecule has 2 saturated carbocycles. The van der Waals surface area contributed by atoms with E-state index in [1.54, 1.807) is 0 Å². The topological polar surface area (TPSA) is 21.3 Å². The first-order valence-electron chi connectivity index (χ1n) is 7.92. The average molecular weight is 253 g/mol. The van der Waals surface area contributed by atoms with Gasteiger partial charge in [-0.2, -0.15) is 0 Å². The minimum absolute atomic E-state index is 0.139. The maximum Gasteiger partial charge on any atom is 0.0810 e. The molecule has 106 valence electrons. The molecule has 0 aromatic carbocycles. The lowest BCUT2D eigenvalue weighted by Gasteiger charge is -2.41. The summed E-state index contributed by atoms with van der Waals surface area (Å²) in [7, 11) is 0. The molecule has 0 unspecified atom stereocenters. The first kappa shape index (κ1) is 14.3. The molecule has 0 spiro atoms. The van der Waals surface area contributed by atoms with Crippen LogP contribution in [0.1, 0.15) is 78.6 Å². The van der Waals surface area contributed by atoms with E-state index in [0.717, 1.165) is 6.54 Å². The van der Waals surface area contributed by atoms with Crippen molar-refractivity contribution >= 4 is 0 Å². The second kappa shape index (κ2) is 5.92. The highest BCUT2D eigenvalue weighted by atomic mass is 16.5. The highest BCUT2D eigenvalue weighted by Gasteiger charge is 2.36. The molecule has 0 radical (unpaired) electrons. The van der Waals surface area contributed by atoms with Crippen molar-refractivity contribution in [2.45, 2.75) is 95.8 Å². The van der Waals surface area contributed by atoms with Gasteiger partial charge in [-0.15, -0.1) is 0 Å². The molecule has 18 heavy (non-hydrogen) atoms. The van der Waals surface area contributed by atoms with Crippen molar-refractivity contribution in [1.82, 2.24) is 5.32 Å². The summed E-state index contributed by atoms with van der Waals surface area (Å²) in [6.45, 7) is 7.78. The molecule has 2 nitrogen and oxygen atoms in total. The van der Waals surface area contributed by atoms with Gasteiger partial charge in [0.1, 0.15) is 0 Å². The number of hydrogen-bond donors (Lipinski definition) is 1. The van der Waals surface area contributed by atoms with Gasteiger partial charge >= 0.3 is 0 Å². The van der Waals surface area contributed by atoms with Crippen LogP contribution >= 0.6 is 0 Å².